The van der Waals surface area contributed by atoms with E-state index in [1.807, 2.05) is 0 Å². The lowest BCUT2D eigenvalue weighted by molar-refractivity contribution is 0.884. The molecular weight excluding hydrogens is 260 g/mol. The average molecular weight is 273 g/mol. The molecule has 0 aromatic carbocycles. The Morgan fingerprint density at radius 2 is 2.12 bits per heavy atom. The van der Waals surface area contributed by atoms with Crippen molar-refractivity contribution in [1.29, 1.82) is 0 Å². The van der Waals surface area contributed by atoms with Crippen LogP contribution in [0, 0.1) is 0 Å². The summed E-state index contributed by atoms with van der Waals surface area (Å²) in [7, 11) is 0. The minimum atomic E-state index is 0.688. The standard InChI is InChI=1S/C11H13ClN2S2/c1-2-8-5-6-9(15-8)11-14-13-10(16-11)4-3-7-12/h5-6H,2-4,7H2,1H3. The lowest BCUT2D eigenvalue weighted by Crippen LogP contribution is -1.84. The molecule has 2 nitrogen and oxygen atoms in total. The Kier molecular flexibility index (Phi) is 4.32. The van der Waals surface area contributed by atoms with Gasteiger partial charge in [0.2, 0.25) is 0 Å². The molecule has 0 bridgehead atoms. The molecular formula is C11H13ClN2S2. The van der Waals surface area contributed by atoms with Gasteiger partial charge in [-0.05, 0) is 25.0 Å². The zero-order chi connectivity index (χ0) is 11.4. The molecule has 2 rings (SSSR count). The number of alkyl halides is 1. The Balaban J connectivity index is 2.11. The highest BCUT2D eigenvalue weighted by Crippen LogP contribution is 2.30. The smallest absolute Gasteiger partial charge is 0.143 e. The molecule has 2 aromatic heterocycles. The number of hydrogen-bond acceptors (Lipinski definition) is 4. The van der Waals surface area contributed by atoms with Gasteiger partial charge in [-0.3, -0.25) is 0 Å². The van der Waals surface area contributed by atoms with Gasteiger partial charge < -0.3 is 0 Å². The van der Waals surface area contributed by atoms with Crippen molar-refractivity contribution in [3.63, 3.8) is 0 Å². The topological polar surface area (TPSA) is 25.8 Å². The van der Waals surface area contributed by atoms with Crippen LogP contribution < -0.4 is 0 Å². The molecule has 16 heavy (non-hydrogen) atoms. The summed E-state index contributed by atoms with van der Waals surface area (Å²) in [6.45, 7) is 2.17. The van der Waals surface area contributed by atoms with E-state index in [4.69, 9.17) is 11.6 Å². The van der Waals surface area contributed by atoms with Crippen LogP contribution in [-0.2, 0) is 12.8 Å². The van der Waals surface area contributed by atoms with Gasteiger partial charge in [-0.2, -0.15) is 0 Å². The van der Waals surface area contributed by atoms with E-state index in [1.54, 1.807) is 22.7 Å². The third kappa shape index (κ3) is 2.81. The first-order chi connectivity index (χ1) is 7.83. The molecule has 0 radical (unpaired) electrons. The second-order valence-corrected chi connectivity index (χ2v) is 6.02. The van der Waals surface area contributed by atoms with E-state index in [0.29, 0.717) is 5.88 Å². The summed E-state index contributed by atoms with van der Waals surface area (Å²) >= 11 is 9.14. The average Bonchev–Trinajstić information content (AvgIpc) is 2.94. The van der Waals surface area contributed by atoms with Crippen molar-refractivity contribution >= 4 is 34.3 Å². The molecule has 86 valence electrons. The van der Waals surface area contributed by atoms with Crippen molar-refractivity contribution in [3.05, 3.63) is 22.0 Å². The molecule has 0 atom stereocenters. The Bertz CT molecular complexity index is 450. The maximum atomic E-state index is 5.66. The summed E-state index contributed by atoms with van der Waals surface area (Å²) in [5, 5.41) is 10.5. The highest BCUT2D eigenvalue weighted by Gasteiger charge is 2.08. The minimum Gasteiger partial charge on any atom is -0.143 e. The monoisotopic (exact) mass is 272 g/mol. The first-order valence-corrected chi connectivity index (χ1v) is 7.47. The van der Waals surface area contributed by atoms with Gasteiger partial charge in [0.05, 0.1) is 4.88 Å². The van der Waals surface area contributed by atoms with E-state index < -0.39 is 0 Å². The van der Waals surface area contributed by atoms with Gasteiger partial charge in [-0.1, -0.05) is 18.3 Å². The fourth-order valence-corrected chi connectivity index (χ4v) is 3.37. The quantitative estimate of drug-likeness (QED) is 0.769. The Hall–Kier alpha value is -0.450. The van der Waals surface area contributed by atoms with Crippen molar-refractivity contribution in [1.82, 2.24) is 10.2 Å². The molecule has 2 heterocycles. The summed E-state index contributed by atoms with van der Waals surface area (Å²) < 4.78 is 0. The second-order valence-electron chi connectivity index (χ2n) is 3.41. The SMILES string of the molecule is CCc1ccc(-c2nnc(CCCCl)s2)s1. The third-order valence-corrected chi connectivity index (χ3v) is 4.86. The number of aromatic nitrogens is 2. The van der Waals surface area contributed by atoms with Crippen LogP contribution in [0.2, 0.25) is 0 Å². The Morgan fingerprint density at radius 3 is 2.81 bits per heavy atom. The number of thiophene rings is 1. The number of rotatable bonds is 5. The lowest BCUT2D eigenvalue weighted by atomic mass is 10.4. The molecule has 0 N–H and O–H groups in total. The van der Waals surface area contributed by atoms with Crippen LogP contribution >= 0.6 is 34.3 Å². The summed E-state index contributed by atoms with van der Waals surface area (Å²) in [6, 6.07) is 4.30. The van der Waals surface area contributed by atoms with Crippen LogP contribution in [0.4, 0.5) is 0 Å². The van der Waals surface area contributed by atoms with Gasteiger partial charge >= 0.3 is 0 Å². The van der Waals surface area contributed by atoms with Crippen molar-refractivity contribution in [3.8, 4) is 9.88 Å². The van der Waals surface area contributed by atoms with Crippen LogP contribution in [0.5, 0.6) is 0 Å². The Labute approximate surface area is 108 Å². The predicted octanol–water partition coefficient (Wildman–Crippen LogP) is 4.00. The van der Waals surface area contributed by atoms with E-state index in [9.17, 15) is 0 Å². The van der Waals surface area contributed by atoms with Gasteiger partial charge in [-0.15, -0.1) is 33.1 Å². The fraction of sp³-hybridized carbons (Fsp3) is 0.455. The first-order valence-electron chi connectivity index (χ1n) is 5.31. The molecule has 0 spiro atoms. The van der Waals surface area contributed by atoms with Crippen molar-refractivity contribution in [2.24, 2.45) is 0 Å². The van der Waals surface area contributed by atoms with E-state index in [0.717, 1.165) is 29.3 Å². The summed E-state index contributed by atoms with van der Waals surface area (Å²) in [5.41, 5.74) is 0. The summed E-state index contributed by atoms with van der Waals surface area (Å²) in [4.78, 5) is 2.62. The van der Waals surface area contributed by atoms with Gasteiger partial charge in [0.1, 0.15) is 5.01 Å². The zero-order valence-electron chi connectivity index (χ0n) is 9.07. The molecule has 0 saturated heterocycles. The van der Waals surface area contributed by atoms with Gasteiger partial charge in [0, 0.05) is 17.2 Å². The molecule has 0 fully saturated rings. The molecule has 0 amide bonds. The Morgan fingerprint density at radius 1 is 1.25 bits per heavy atom. The predicted molar refractivity (Wildman–Crippen MR) is 71.6 cm³/mol. The summed E-state index contributed by atoms with van der Waals surface area (Å²) in [5.74, 6) is 0.688. The van der Waals surface area contributed by atoms with Crippen molar-refractivity contribution in [2.75, 3.05) is 5.88 Å². The van der Waals surface area contributed by atoms with Gasteiger partial charge in [0.15, 0.2) is 5.01 Å². The molecule has 0 saturated carbocycles. The van der Waals surface area contributed by atoms with Crippen molar-refractivity contribution < 1.29 is 0 Å². The number of hydrogen-bond donors (Lipinski definition) is 0. The van der Waals surface area contributed by atoms with Crippen LogP contribution in [0.3, 0.4) is 0 Å². The maximum Gasteiger partial charge on any atom is 0.157 e. The molecule has 0 aliphatic rings. The molecule has 0 aliphatic heterocycles. The van der Waals surface area contributed by atoms with E-state index in [-0.39, 0.29) is 0 Å². The van der Waals surface area contributed by atoms with Crippen LogP contribution in [0.15, 0.2) is 12.1 Å². The van der Waals surface area contributed by atoms with Crippen LogP contribution in [0.1, 0.15) is 23.2 Å². The number of halogens is 1. The minimum absolute atomic E-state index is 0.688. The van der Waals surface area contributed by atoms with Gasteiger partial charge in [-0.25, -0.2) is 0 Å². The second kappa shape index (κ2) is 5.75. The normalized spacial score (nSPS) is 10.9. The first kappa shape index (κ1) is 12.0. The van der Waals surface area contributed by atoms with E-state index >= 15 is 0 Å². The zero-order valence-corrected chi connectivity index (χ0v) is 11.5. The fourth-order valence-electron chi connectivity index (χ4n) is 1.36. The highest BCUT2D eigenvalue weighted by atomic mass is 35.5. The number of aryl methyl sites for hydroxylation is 2. The van der Waals surface area contributed by atoms with E-state index in [2.05, 4.69) is 29.3 Å². The van der Waals surface area contributed by atoms with E-state index in [1.165, 1.54) is 9.75 Å². The molecule has 5 heteroatoms. The van der Waals surface area contributed by atoms with Gasteiger partial charge in [0.25, 0.3) is 0 Å². The molecule has 2 aromatic rings. The molecule has 0 unspecified atom stereocenters. The summed E-state index contributed by atoms with van der Waals surface area (Å²) in [6.07, 6.45) is 3.00. The largest absolute Gasteiger partial charge is 0.157 e. The van der Waals surface area contributed by atoms with Crippen molar-refractivity contribution in [2.45, 2.75) is 26.2 Å². The van der Waals surface area contributed by atoms with Crippen LogP contribution in [0.25, 0.3) is 9.88 Å². The molecule has 0 aliphatic carbocycles. The maximum absolute atomic E-state index is 5.66. The lowest BCUT2D eigenvalue weighted by Gasteiger charge is -1.88. The third-order valence-electron chi connectivity index (χ3n) is 2.21. The number of nitrogens with zero attached hydrogens (tertiary/aromatic N) is 2. The highest BCUT2D eigenvalue weighted by molar-refractivity contribution is 7.21. The van der Waals surface area contributed by atoms with Crippen LogP contribution in [-0.4, -0.2) is 16.1 Å².